The van der Waals surface area contributed by atoms with E-state index in [-0.39, 0.29) is 23.9 Å². The molecule has 3 aromatic carbocycles. The maximum atomic E-state index is 13.4. The first-order valence-corrected chi connectivity index (χ1v) is 14.2. The number of esters is 1. The molecule has 0 bridgehead atoms. The summed E-state index contributed by atoms with van der Waals surface area (Å²) >= 11 is 0. The van der Waals surface area contributed by atoms with Crippen molar-refractivity contribution in [1.29, 1.82) is 0 Å². The van der Waals surface area contributed by atoms with Crippen LogP contribution in [0.3, 0.4) is 0 Å². The lowest BCUT2D eigenvalue weighted by Crippen LogP contribution is -2.36. The van der Waals surface area contributed by atoms with E-state index in [4.69, 9.17) is 9.73 Å². The monoisotopic (exact) mass is 550 g/mol. The molecule has 8 heteroatoms. The van der Waals surface area contributed by atoms with Crippen LogP contribution in [0.4, 0.5) is 17.1 Å². The van der Waals surface area contributed by atoms with Gasteiger partial charge in [-0.1, -0.05) is 36.4 Å². The van der Waals surface area contributed by atoms with Crippen molar-refractivity contribution in [2.75, 3.05) is 37.4 Å². The Bertz CT molecular complexity index is 1530. The minimum absolute atomic E-state index is 0.0274. The Balaban J connectivity index is 1.32. The molecule has 0 aromatic heterocycles. The van der Waals surface area contributed by atoms with E-state index >= 15 is 0 Å². The van der Waals surface area contributed by atoms with E-state index in [1.807, 2.05) is 78.5 Å². The molecule has 0 saturated heterocycles. The standard InChI is InChI=1S/C33H34N4O4/c1-36(2)20-29(38)37-17-16-22-18-24(13-15-28(22)37)34-31(21-8-4-3-5-9-21)30-26-14-12-23(19-27(26)35-32(30)39)33(40)41-25-10-6-7-11-25/h3-5,8-9,12-15,18-19,25,30H,6-7,10-11,16-17,20H2,1-2H3,(H,35,39). The van der Waals surface area contributed by atoms with Crippen molar-refractivity contribution in [3.63, 3.8) is 0 Å². The van der Waals surface area contributed by atoms with Crippen molar-refractivity contribution >= 4 is 40.6 Å². The average molecular weight is 551 g/mol. The van der Waals surface area contributed by atoms with Gasteiger partial charge in [0.1, 0.15) is 12.0 Å². The third kappa shape index (κ3) is 5.52. The molecule has 6 rings (SSSR count). The summed E-state index contributed by atoms with van der Waals surface area (Å²) in [4.78, 5) is 47.7. The fraction of sp³-hybridized carbons (Fsp3) is 0.333. The number of carbonyl (C=O) groups is 3. The van der Waals surface area contributed by atoms with Gasteiger partial charge in [-0.2, -0.15) is 0 Å². The van der Waals surface area contributed by atoms with Crippen LogP contribution in [-0.2, 0) is 20.7 Å². The van der Waals surface area contributed by atoms with Gasteiger partial charge in [-0.3, -0.25) is 14.6 Å². The number of hydrogen-bond acceptors (Lipinski definition) is 6. The Hall–Kier alpha value is -4.30. The number of amides is 2. The Morgan fingerprint density at radius 2 is 1.78 bits per heavy atom. The molecular formula is C33H34N4O4. The van der Waals surface area contributed by atoms with Gasteiger partial charge in [0.15, 0.2) is 0 Å². The van der Waals surface area contributed by atoms with Gasteiger partial charge in [0.05, 0.1) is 23.5 Å². The number of hydrogen-bond donors (Lipinski definition) is 1. The second kappa shape index (κ2) is 11.3. The molecule has 3 aliphatic rings. The fourth-order valence-electron chi connectivity index (χ4n) is 6.00. The summed E-state index contributed by atoms with van der Waals surface area (Å²) in [6, 6.07) is 20.8. The zero-order valence-electron chi connectivity index (χ0n) is 23.4. The highest BCUT2D eigenvalue weighted by Gasteiger charge is 2.36. The summed E-state index contributed by atoms with van der Waals surface area (Å²) in [7, 11) is 3.77. The van der Waals surface area contributed by atoms with Crippen molar-refractivity contribution in [2.24, 2.45) is 4.99 Å². The largest absolute Gasteiger partial charge is 0.459 e. The van der Waals surface area contributed by atoms with E-state index in [0.717, 1.165) is 60.2 Å². The molecule has 1 unspecified atom stereocenters. The lowest BCUT2D eigenvalue weighted by atomic mass is 9.90. The molecular weight excluding hydrogens is 516 g/mol. The minimum atomic E-state index is -0.640. The van der Waals surface area contributed by atoms with Gasteiger partial charge < -0.3 is 19.9 Å². The van der Waals surface area contributed by atoms with Crippen molar-refractivity contribution in [3.05, 3.63) is 89.0 Å². The molecule has 3 aromatic rings. The van der Waals surface area contributed by atoms with E-state index in [1.54, 1.807) is 12.1 Å². The number of likely N-dealkylation sites (N-methyl/N-ethyl adjacent to an activating group) is 1. The highest BCUT2D eigenvalue weighted by molar-refractivity contribution is 6.24. The fourth-order valence-corrected chi connectivity index (χ4v) is 6.00. The second-order valence-electron chi connectivity index (χ2n) is 11.2. The number of nitrogens with one attached hydrogen (secondary N) is 1. The van der Waals surface area contributed by atoms with Crippen molar-refractivity contribution in [2.45, 2.75) is 44.1 Å². The summed E-state index contributed by atoms with van der Waals surface area (Å²) in [5.74, 6) is -1.12. The van der Waals surface area contributed by atoms with Gasteiger partial charge in [-0.25, -0.2) is 4.79 Å². The van der Waals surface area contributed by atoms with E-state index in [0.29, 0.717) is 30.1 Å². The Morgan fingerprint density at radius 1 is 1.00 bits per heavy atom. The SMILES string of the molecule is CN(C)CC(=O)N1CCc2cc(N=C(c3ccccc3)C3C(=O)Nc4cc(C(=O)OC5CCCC5)ccc43)ccc21. The van der Waals surface area contributed by atoms with Crippen molar-refractivity contribution in [3.8, 4) is 0 Å². The first kappa shape index (κ1) is 26.9. The number of ether oxygens (including phenoxy) is 1. The van der Waals surface area contributed by atoms with E-state index in [2.05, 4.69) is 5.32 Å². The maximum Gasteiger partial charge on any atom is 0.338 e. The van der Waals surface area contributed by atoms with Crippen LogP contribution in [0.1, 0.15) is 58.6 Å². The summed E-state index contributed by atoms with van der Waals surface area (Å²) in [6.45, 7) is 0.998. The molecule has 8 nitrogen and oxygen atoms in total. The van der Waals surface area contributed by atoms with Crippen LogP contribution in [0.25, 0.3) is 0 Å². The van der Waals surface area contributed by atoms with Gasteiger partial charge >= 0.3 is 5.97 Å². The van der Waals surface area contributed by atoms with Gasteiger partial charge in [0.25, 0.3) is 0 Å². The molecule has 1 fully saturated rings. The predicted octanol–water partition coefficient (Wildman–Crippen LogP) is 5.09. The molecule has 1 atom stereocenters. The van der Waals surface area contributed by atoms with Crippen LogP contribution in [-0.4, -0.2) is 61.7 Å². The van der Waals surface area contributed by atoms with Crippen LogP contribution in [0.5, 0.6) is 0 Å². The number of benzene rings is 3. The van der Waals surface area contributed by atoms with Crippen LogP contribution in [0.2, 0.25) is 0 Å². The molecule has 0 spiro atoms. The lowest BCUT2D eigenvalue weighted by Gasteiger charge is -2.20. The van der Waals surface area contributed by atoms with Crippen LogP contribution < -0.4 is 10.2 Å². The number of aliphatic imine (C=N–C) groups is 1. The van der Waals surface area contributed by atoms with Gasteiger partial charge in [0, 0.05) is 17.9 Å². The molecule has 1 N–H and O–H groups in total. The third-order valence-corrected chi connectivity index (χ3v) is 8.00. The number of rotatable bonds is 7. The number of carbonyl (C=O) groups excluding carboxylic acids is 3. The zero-order valence-corrected chi connectivity index (χ0v) is 23.4. The smallest absolute Gasteiger partial charge is 0.338 e. The maximum absolute atomic E-state index is 13.4. The van der Waals surface area contributed by atoms with Gasteiger partial charge in [0.2, 0.25) is 11.8 Å². The molecule has 2 amide bonds. The highest BCUT2D eigenvalue weighted by Crippen LogP contribution is 2.38. The highest BCUT2D eigenvalue weighted by atomic mass is 16.5. The van der Waals surface area contributed by atoms with E-state index in [9.17, 15) is 14.4 Å². The molecule has 41 heavy (non-hydrogen) atoms. The lowest BCUT2D eigenvalue weighted by molar-refractivity contribution is -0.119. The van der Waals surface area contributed by atoms with Crippen LogP contribution in [0, 0.1) is 0 Å². The molecule has 2 aliphatic heterocycles. The van der Waals surface area contributed by atoms with Gasteiger partial charge in [-0.05, 0) is 93.2 Å². The number of fused-ring (bicyclic) bond motifs is 2. The topological polar surface area (TPSA) is 91.3 Å². The molecule has 2 heterocycles. The quantitative estimate of drug-likeness (QED) is 0.327. The summed E-state index contributed by atoms with van der Waals surface area (Å²) in [5, 5.41) is 2.97. The normalized spacial score (nSPS) is 18.4. The first-order chi connectivity index (χ1) is 19.9. The summed E-state index contributed by atoms with van der Waals surface area (Å²) in [6.07, 6.45) is 4.70. The van der Waals surface area contributed by atoms with Crippen LogP contribution >= 0.6 is 0 Å². The Kier molecular flexibility index (Phi) is 7.41. The Labute approximate surface area is 240 Å². The van der Waals surface area contributed by atoms with Crippen molar-refractivity contribution < 1.29 is 19.1 Å². The third-order valence-electron chi connectivity index (χ3n) is 8.00. The second-order valence-corrected chi connectivity index (χ2v) is 11.2. The molecule has 1 saturated carbocycles. The summed E-state index contributed by atoms with van der Waals surface area (Å²) in [5.41, 5.74) is 5.98. The summed E-state index contributed by atoms with van der Waals surface area (Å²) < 4.78 is 5.68. The predicted molar refractivity (Wildman–Crippen MR) is 159 cm³/mol. The van der Waals surface area contributed by atoms with Gasteiger partial charge in [-0.15, -0.1) is 0 Å². The number of anilines is 2. The molecule has 210 valence electrons. The Morgan fingerprint density at radius 3 is 2.54 bits per heavy atom. The number of nitrogens with zero attached hydrogens (tertiary/aromatic N) is 3. The molecule has 0 radical (unpaired) electrons. The minimum Gasteiger partial charge on any atom is -0.459 e. The van der Waals surface area contributed by atoms with Crippen molar-refractivity contribution in [1.82, 2.24) is 4.90 Å². The van der Waals surface area contributed by atoms with E-state index in [1.165, 1.54) is 0 Å². The van der Waals surface area contributed by atoms with Crippen LogP contribution in [0.15, 0.2) is 71.7 Å². The molecule has 1 aliphatic carbocycles. The first-order valence-electron chi connectivity index (χ1n) is 14.2. The average Bonchev–Trinajstić information content (AvgIpc) is 3.70. The zero-order chi connectivity index (χ0) is 28.5. The van der Waals surface area contributed by atoms with E-state index < -0.39 is 5.92 Å².